The zero-order chi connectivity index (χ0) is 16.5. The van der Waals surface area contributed by atoms with Crippen molar-refractivity contribution >= 4 is 6.03 Å². The minimum absolute atomic E-state index is 0.145. The predicted molar refractivity (Wildman–Crippen MR) is 93.8 cm³/mol. The molecule has 0 unspecified atom stereocenters. The van der Waals surface area contributed by atoms with Crippen LogP contribution in [0.1, 0.15) is 74.7 Å². The number of nitrogens with one attached hydrogen (secondary N) is 1. The highest BCUT2D eigenvalue weighted by molar-refractivity contribution is 5.75. The van der Waals surface area contributed by atoms with Crippen LogP contribution >= 0.6 is 0 Å². The molecule has 3 aliphatic carbocycles. The highest BCUT2D eigenvalue weighted by Crippen LogP contribution is 2.29. The number of hydrogen-bond acceptors (Lipinski definition) is 2. The van der Waals surface area contributed by atoms with Gasteiger partial charge in [-0.2, -0.15) is 5.10 Å². The van der Waals surface area contributed by atoms with Gasteiger partial charge in [0.1, 0.15) is 0 Å². The van der Waals surface area contributed by atoms with E-state index in [4.69, 9.17) is 5.10 Å². The Morgan fingerprint density at radius 2 is 1.83 bits per heavy atom. The summed E-state index contributed by atoms with van der Waals surface area (Å²) in [6.45, 7) is 0.687. The Bertz CT molecular complexity index is 597. The molecule has 1 N–H and O–H groups in total. The minimum Gasteiger partial charge on any atom is -0.335 e. The van der Waals surface area contributed by atoms with E-state index in [2.05, 4.69) is 10.2 Å². The van der Waals surface area contributed by atoms with Crippen molar-refractivity contribution in [1.29, 1.82) is 0 Å². The number of fused-ring (bicyclic) bond motifs is 1. The summed E-state index contributed by atoms with van der Waals surface area (Å²) in [6.07, 6.45) is 13.1. The molecule has 1 aromatic heterocycles. The Morgan fingerprint density at radius 1 is 1.12 bits per heavy atom. The van der Waals surface area contributed by atoms with E-state index in [9.17, 15) is 4.79 Å². The van der Waals surface area contributed by atoms with Crippen molar-refractivity contribution in [2.45, 2.75) is 89.3 Å². The van der Waals surface area contributed by atoms with Gasteiger partial charge in [0.25, 0.3) is 0 Å². The lowest BCUT2D eigenvalue weighted by Gasteiger charge is -2.30. The van der Waals surface area contributed by atoms with Crippen molar-refractivity contribution in [2.75, 3.05) is 0 Å². The number of rotatable bonds is 4. The summed E-state index contributed by atoms with van der Waals surface area (Å²) in [5.41, 5.74) is 3.93. The Kier molecular flexibility index (Phi) is 4.51. The van der Waals surface area contributed by atoms with Crippen LogP contribution in [-0.2, 0) is 26.4 Å². The summed E-state index contributed by atoms with van der Waals surface area (Å²) >= 11 is 0. The maximum atomic E-state index is 13.0. The van der Waals surface area contributed by atoms with Crippen LogP contribution in [0.4, 0.5) is 4.79 Å². The van der Waals surface area contributed by atoms with Gasteiger partial charge in [0, 0.05) is 24.8 Å². The van der Waals surface area contributed by atoms with E-state index >= 15 is 0 Å². The Balaban J connectivity index is 1.52. The maximum absolute atomic E-state index is 13.0. The highest BCUT2D eigenvalue weighted by atomic mass is 16.2. The molecule has 2 fully saturated rings. The Labute approximate surface area is 144 Å². The van der Waals surface area contributed by atoms with Crippen molar-refractivity contribution in [3.8, 4) is 0 Å². The third kappa shape index (κ3) is 3.05. The molecule has 0 radical (unpaired) electrons. The second kappa shape index (κ2) is 6.77. The molecule has 4 rings (SSSR count). The lowest BCUT2D eigenvalue weighted by molar-refractivity contribution is 0.166. The first-order valence-corrected chi connectivity index (χ1v) is 9.83. The molecule has 5 nitrogen and oxygen atoms in total. The van der Waals surface area contributed by atoms with Crippen LogP contribution in [0.25, 0.3) is 0 Å². The Hall–Kier alpha value is -1.52. The fourth-order valence-electron chi connectivity index (χ4n) is 4.90. The lowest BCUT2D eigenvalue weighted by atomic mass is 10.1. The summed E-state index contributed by atoms with van der Waals surface area (Å²) in [4.78, 5) is 15.1. The van der Waals surface area contributed by atoms with Gasteiger partial charge >= 0.3 is 6.03 Å². The van der Waals surface area contributed by atoms with E-state index < -0.39 is 0 Å². The summed E-state index contributed by atoms with van der Waals surface area (Å²) in [5.74, 6) is 0. The normalized spacial score (nSPS) is 21.4. The van der Waals surface area contributed by atoms with Gasteiger partial charge in [-0.1, -0.05) is 25.7 Å². The standard InChI is InChI=1S/C19H30N4O/c1-22-18-12-6-11-16(18)17(21-22)13-23(15-9-4-5-10-15)19(24)20-14-7-2-3-8-14/h14-15H,2-13H2,1H3,(H,20,24). The fraction of sp³-hybridized carbons (Fsp3) is 0.789. The van der Waals surface area contributed by atoms with Gasteiger partial charge in [0.2, 0.25) is 0 Å². The third-order valence-electron chi connectivity index (χ3n) is 6.23. The van der Waals surface area contributed by atoms with Gasteiger partial charge < -0.3 is 10.2 Å². The van der Waals surface area contributed by atoms with Gasteiger partial charge in [-0.25, -0.2) is 4.79 Å². The maximum Gasteiger partial charge on any atom is 0.318 e. The second-order valence-corrected chi connectivity index (χ2v) is 7.85. The number of aromatic nitrogens is 2. The zero-order valence-electron chi connectivity index (χ0n) is 14.9. The lowest BCUT2D eigenvalue weighted by Crippen LogP contribution is -2.47. The monoisotopic (exact) mass is 330 g/mol. The largest absolute Gasteiger partial charge is 0.335 e. The number of amides is 2. The van der Waals surface area contributed by atoms with Crippen molar-refractivity contribution in [1.82, 2.24) is 20.0 Å². The second-order valence-electron chi connectivity index (χ2n) is 7.85. The van der Waals surface area contributed by atoms with Crippen LogP contribution in [0.2, 0.25) is 0 Å². The van der Waals surface area contributed by atoms with E-state index in [0.29, 0.717) is 18.6 Å². The molecule has 0 bridgehead atoms. The van der Waals surface area contributed by atoms with Crippen LogP contribution in [0.3, 0.4) is 0 Å². The molecular weight excluding hydrogens is 300 g/mol. The molecule has 24 heavy (non-hydrogen) atoms. The molecule has 132 valence electrons. The molecule has 0 aliphatic heterocycles. The van der Waals surface area contributed by atoms with Gasteiger partial charge in [-0.3, -0.25) is 4.68 Å². The van der Waals surface area contributed by atoms with Crippen molar-refractivity contribution < 1.29 is 4.79 Å². The molecule has 3 aliphatic rings. The van der Waals surface area contributed by atoms with Gasteiger partial charge in [-0.15, -0.1) is 0 Å². The van der Waals surface area contributed by atoms with Crippen molar-refractivity contribution in [3.63, 3.8) is 0 Å². The number of urea groups is 1. The zero-order valence-corrected chi connectivity index (χ0v) is 14.9. The van der Waals surface area contributed by atoms with Crippen molar-refractivity contribution in [2.24, 2.45) is 7.05 Å². The molecule has 2 saturated carbocycles. The average Bonchev–Trinajstić information content (AvgIpc) is 3.34. The predicted octanol–water partition coefficient (Wildman–Crippen LogP) is 3.31. The first-order valence-electron chi connectivity index (χ1n) is 9.83. The molecule has 1 aromatic rings. The van der Waals surface area contributed by atoms with E-state index in [1.807, 2.05) is 11.7 Å². The van der Waals surface area contributed by atoms with Gasteiger partial charge in [-0.05, 0) is 50.5 Å². The molecule has 0 aromatic carbocycles. The number of carbonyl (C=O) groups is 1. The van der Waals surface area contributed by atoms with Crippen LogP contribution in [0.15, 0.2) is 0 Å². The smallest absolute Gasteiger partial charge is 0.318 e. The minimum atomic E-state index is 0.145. The van der Waals surface area contributed by atoms with E-state index in [1.54, 1.807) is 0 Å². The average molecular weight is 330 g/mol. The molecule has 1 heterocycles. The number of aryl methyl sites for hydroxylation is 1. The molecule has 0 atom stereocenters. The summed E-state index contributed by atoms with van der Waals surface area (Å²) in [5, 5.41) is 8.06. The SMILES string of the molecule is Cn1nc(CN(C(=O)NC2CCCC2)C2CCCC2)c2c1CCC2. The summed E-state index contributed by atoms with van der Waals surface area (Å²) < 4.78 is 2.04. The number of nitrogens with zero attached hydrogens (tertiary/aromatic N) is 3. The van der Waals surface area contributed by atoms with E-state index in [1.165, 1.54) is 43.4 Å². The quantitative estimate of drug-likeness (QED) is 0.921. The van der Waals surface area contributed by atoms with E-state index in [0.717, 1.165) is 44.2 Å². The van der Waals surface area contributed by atoms with E-state index in [-0.39, 0.29) is 6.03 Å². The summed E-state index contributed by atoms with van der Waals surface area (Å²) in [7, 11) is 2.05. The van der Waals surface area contributed by atoms with Gasteiger partial charge in [0.15, 0.2) is 0 Å². The van der Waals surface area contributed by atoms with Crippen LogP contribution in [0, 0.1) is 0 Å². The number of carbonyl (C=O) groups excluding carboxylic acids is 1. The molecule has 0 saturated heterocycles. The molecule has 0 spiro atoms. The summed E-state index contributed by atoms with van der Waals surface area (Å²) in [6, 6.07) is 0.924. The molecule has 2 amide bonds. The van der Waals surface area contributed by atoms with Gasteiger partial charge in [0.05, 0.1) is 12.2 Å². The van der Waals surface area contributed by atoms with Crippen LogP contribution in [0.5, 0.6) is 0 Å². The Morgan fingerprint density at radius 3 is 2.58 bits per heavy atom. The topological polar surface area (TPSA) is 50.2 Å². The first kappa shape index (κ1) is 16.0. The van der Waals surface area contributed by atoms with Crippen LogP contribution < -0.4 is 5.32 Å². The van der Waals surface area contributed by atoms with Crippen molar-refractivity contribution in [3.05, 3.63) is 17.0 Å². The molecular formula is C19H30N4O. The third-order valence-corrected chi connectivity index (χ3v) is 6.23. The fourth-order valence-corrected chi connectivity index (χ4v) is 4.90. The first-order chi connectivity index (χ1) is 11.7. The number of hydrogen-bond donors (Lipinski definition) is 1. The van der Waals surface area contributed by atoms with Crippen LogP contribution in [-0.4, -0.2) is 32.8 Å². The highest BCUT2D eigenvalue weighted by Gasteiger charge is 2.31. The molecule has 5 heteroatoms.